The van der Waals surface area contributed by atoms with E-state index in [0.717, 1.165) is 23.3 Å². The first-order valence-electron chi connectivity index (χ1n) is 9.69. The lowest BCUT2D eigenvalue weighted by atomic mass is 10.1. The van der Waals surface area contributed by atoms with Gasteiger partial charge in [0.2, 0.25) is 5.91 Å². The van der Waals surface area contributed by atoms with Crippen LogP contribution in [0.1, 0.15) is 18.1 Å². The minimum Gasteiger partial charge on any atom is -0.492 e. The van der Waals surface area contributed by atoms with Crippen molar-refractivity contribution in [3.8, 4) is 17.0 Å². The van der Waals surface area contributed by atoms with Gasteiger partial charge in [-0.15, -0.1) is 0 Å². The summed E-state index contributed by atoms with van der Waals surface area (Å²) >= 11 is 0. The summed E-state index contributed by atoms with van der Waals surface area (Å²) in [5.41, 5.74) is 3.64. The van der Waals surface area contributed by atoms with E-state index >= 15 is 0 Å². The predicted octanol–water partition coefficient (Wildman–Crippen LogP) is 2.98. The average Bonchev–Trinajstić information content (AvgIpc) is 2.74. The molecular formula is C23H25N3O3. The lowest BCUT2D eigenvalue weighted by molar-refractivity contribution is -0.122. The van der Waals surface area contributed by atoms with Crippen molar-refractivity contribution in [1.29, 1.82) is 0 Å². The van der Waals surface area contributed by atoms with Gasteiger partial charge in [-0.2, -0.15) is 5.10 Å². The van der Waals surface area contributed by atoms with Crippen LogP contribution in [0.25, 0.3) is 11.3 Å². The Morgan fingerprint density at radius 3 is 2.45 bits per heavy atom. The van der Waals surface area contributed by atoms with E-state index in [1.54, 1.807) is 6.07 Å². The number of ether oxygens (including phenoxy) is 1. The monoisotopic (exact) mass is 391 g/mol. The zero-order valence-electron chi connectivity index (χ0n) is 16.7. The number of amides is 1. The highest BCUT2D eigenvalue weighted by Crippen LogP contribution is 2.16. The van der Waals surface area contributed by atoms with Gasteiger partial charge < -0.3 is 10.1 Å². The van der Waals surface area contributed by atoms with Gasteiger partial charge in [-0.05, 0) is 37.1 Å². The quantitative estimate of drug-likeness (QED) is 0.599. The van der Waals surface area contributed by atoms with Crippen molar-refractivity contribution in [2.75, 3.05) is 13.2 Å². The summed E-state index contributed by atoms with van der Waals surface area (Å²) in [5.74, 6) is 0.468. The normalized spacial score (nSPS) is 10.6. The van der Waals surface area contributed by atoms with Gasteiger partial charge in [0, 0.05) is 11.6 Å². The minimum atomic E-state index is -0.315. The molecule has 0 saturated carbocycles. The maximum absolute atomic E-state index is 12.2. The molecule has 0 atom stereocenters. The van der Waals surface area contributed by atoms with Gasteiger partial charge in [0.05, 0.1) is 12.2 Å². The number of carbonyl (C=O) groups is 1. The van der Waals surface area contributed by atoms with Crippen molar-refractivity contribution in [3.63, 3.8) is 0 Å². The highest BCUT2D eigenvalue weighted by atomic mass is 16.5. The van der Waals surface area contributed by atoms with E-state index in [4.69, 9.17) is 4.74 Å². The largest absolute Gasteiger partial charge is 0.492 e. The molecule has 3 rings (SSSR count). The van der Waals surface area contributed by atoms with Crippen LogP contribution in [0.5, 0.6) is 5.75 Å². The number of carbonyl (C=O) groups excluding carboxylic acids is 1. The van der Waals surface area contributed by atoms with Crippen molar-refractivity contribution >= 4 is 5.91 Å². The second kappa shape index (κ2) is 9.68. The molecule has 1 N–H and O–H groups in total. The smallest absolute Gasteiger partial charge is 0.267 e. The maximum Gasteiger partial charge on any atom is 0.267 e. The lowest BCUT2D eigenvalue weighted by Crippen LogP contribution is -2.35. The summed E-state index contributed by atoms with van der Waals surface area (Å²) < 4.78 is 6.76. The molecule has 1 aromatic heterocycles. The number of hydrogen-bond donors (Lipinski definition) is 1. The van der Waals surface area contributed by atoms with Crippen LogP contribution in [0.15, 0.2) is 65.5 Å². The van der Waals surface area contributed by atoms with E-state index < -0.39 is 0 Å². The number of aromatic nitrogens is 2. The standard InChI is InChI=1S/C23H25N3O3/c1-3-18-6-8-19(9-7-18)21-12-13-23(28)26(25-21)16-22(27)24-14-15-29-20-10-4-17(2)5-11-20/h4-13H,3,14-16H2,1-2H3,(H,24,27). The van der Waals surface area contributed by atoms with Gasteiger partial charge in [-0.3, -0.25) is 9.59 Å². The Kier molecular flexibility index (Phi) is 6.79. The molecule has 0 aliphatic rings. The first-order valence-corrected chi connectivity index (χ1v) is 9.69. The topological polar surface area (TPSA) is 73.2 Å². The van der Waals surface area contributed by atoms with E-state index in [-0.39, 0.29) is 18.0 Å². The lowest BCUT2D eigenvalue weighted by Gasteiger charge is -2.10. The Balaban J connectivity index is 1.55. The summed E-state index contributed by atoms with van der Waals surface area (Å²) in [6.45, 7) is 4.66. The highest BCUT2D eigenvalue weighted by molar-refractivity contribution is 5.75. The molecule has 29 heavy (non-hydrogen) atoms. The van der Waals surface area contributed by atoms with Gasteiger partial charge in [0.1, 0.15) is 18.9 Å². The zero-order valence-corrected chi connectivity index (χ0v) is 16.7. The molecule has 6 nitrogen and oxygen atoms in total. The van der Waals surface area contributed by atoms with Crippen molar-refractivity contribution < 1.29 is 9.53 Å². The second-order valence-corrected chi connectivity index (χ2v) is 6.78. The fourth-order valence-electron chi connectivity index (χ4n) is 2.81. The molecule has 0 unspecified atom stereocenters. The summed E-state index contributed by atoms with van der Waals surface area (Å²) in [5, 5.41) is 7.08. The van der Waals surface area contributed by atoms with E-state index in [9.17, 15) is 9.59 Å². The van der Waals surface area contributed by atoms with Gasteiger partial charge in [0.15, 0.2) is 0 Å². The fraction of sp³-hybridized carbons (Fsp3) is 0.261. The maximum atomic E-state index is 12.2. The molecule has 0 saturated heterocycles. The molecule has 150 valence electrons. The van der Waals surface area contributed by atoms with Crippen LogP contribution in [0.2, 0.25) is 0 Å². The van der Waals surface area contributed by atoms with Crippen LogP contribution in [-0.2, 0) is 17.8 Å². The van der Waals surface area contributed by atoms with Gasteiger partial charge in [-0.25, -0.2) is 4.68 Å². The minimum absolute atomic E-state index is 0.135. The van der Waals surface area contributed by atoms with Crippen molar-refractivity contribution in [1.82, 2.24) is 15.1 Å². The van der Waals surface area contributed by atoms with Crippen LogP contribution in [0.4, 0.5) is 0 Å². The molecule has 3 aromatic rings. The summed E-state index contributed by atoms with van der Waals surface area (Å²) in [7, 11) is 0. The molecule has 0 radical (unpaired) electrons. The molecular weight excluding hydrogens is 366 g/mol. The molecule has 1 amide bonds. The van der Waals surface area contributed by atoms with E-state index in [0.29, 0.717) is 18.8 Å². The Morgan fingerprint density at radius 1 is 1.03 bits per heavy atom. The second-order valence-electron chi connectivity index (χ2n) is 6.78. The molecule has 0 bridgehead atoms. The first kappa shape index (κ1) is 20.3. The van der Waals surface area contributed by atoms with E-state index in [2.05, 4.69) is 17.3 Å². The molecule has 0 fully saturated rings. The number of benzene rings is 2. The van der Waals surface area contributed by atoms with Crippen molar-refractivity contribution in [2.24, 2.45) is 0 Å². The first-order chi connectivity index (χ1) is 14.0. The number of aryl methyl sites for hydroxylation is 2. The Labute approximate surface area is 170 Å². The highest BCUT2D eigenvalue weighted by Gasteiger charge is 2.08. The molecule has 0 aliphatic heterocycles. The summed E-state index contributed by atoms with van der Waals surface area (Å²) in [4.78, 5) is 24.3. The van der Waals surface area contributed by atoms with Crippen molar-refractivity contribution in [3.05, 3.63) is 82.1 Å². The van der Waals surface area contributed by atoms with E-state index in [1.165, 1.54) is 16.3 Å². The van der Waals surface area contributed by atoms with E-state index in [1.807, 2.05) is 55.5 Å². The van der Waals surface area contributed by atoms with Crippen LogP contribution in [-0.4, -0.2) is 28.8 Å². The number of nitrogens with zero attached hydrogens (tertiary/aromatic N) is 2. The summed E-state index contributed by atoms with van der Waals surface area (Å²) in [6, 6.07) is 18.8. The molecule has 0 spiro atoms. The Hall–Kier alpha value is -3.41. The molecule has 1 heterocycles. The van der Waals surface area contributed by atoms with Gasteiger partial charge in [-0.1, -0.05) is 48.9 Å². The summed E-state index contributed by atoms with van der Waals surface area (Å²) in [6.07, 6.45) is 0.959. The van der Waals surface area contributed by atoms with Crippen LogP contribution in [0.3, 0.4) is 0 Å². The zero-order chi connectivity index (χ0) is 20.6. The third-order valence-electron chi connectivity index (χ3n) is 4.53. The van der Waals surface area contributed by atoms with Gasteiger partial charge >= 0.3 is 0 Å². The average molecular weight is 391 g/mol. The number of rotatable bonds is 8. The molecule has 2 aromatic carbocycles. The Morgan fingerprint density at radius 2 is 1.76 bits per heavy atom. The fourth-order valence-corrected chi connectivity index (χ4v) is 2.81. The van der Waals surface area contributed by atoms with Crippen molar-refractivity contribution in [2.45, 2.75) is 26.8 Å². The Bertz CT molecular complexity index is 1010. The number of nitrogens with one attached hydrogen (secondary N) is 1. The van der Waals surface area contributed by atoms with Crippen LogP contribution >= 0.6 is 0 Å². The number of hydrogen-bond acceptors (Lipinski definition) is 4. The third kappa shape index (κ3) is 5.78. The molecule has 6 heteroatoms. The van der Waals surface area contributed by atoms with Crippen LogP contribution < -0.4 is 15.6 Å². The molecule has 0 aliphatic carbocycles. The van der Waals surface area contributed by atoms with Crippen LogP contribution in [0, 0.1) is 6.92 Å². The van der Waals surface area contributed by atoms with Gasteiger partial charge in [0.25, 0.3) is 5.56 Å². The third-order valence-corrected chi connectivity index (χ3v) is 4.53. The SMILES string of the molecule is CCc1ccc(-c2ccc(=O)n(CC(=O)NCCOc3ccc(C)cc3)n2)cc1. The predicted molar refractivity (Wildman–Crippen MR) is 113 cm³/mol.